The normalized spacial score (nSPS) is 15.4. The molecule has 1 aliphatic rings. The Balaban J connectivity index is 1.83. The first-order valence-corrected chi connectivity index (χ1v) is 14.6. The Kier molecular flexibility index (Phi) is 10.9. The summed E-state index contributed by atoms with van der Waals surface area (Å²) in [5, 5.41) is 2.94. The van der Waals surface area contributed by atoms with E-state index in [1.165, 1.54) is 0 Å². The molecule has 9 heteroatoms. The average Bonchev–Trinajstić information content (AvgIpc) is 3.21. The number of ether oxygens (including phenoxy) is 4. The summed E-state index contributed by atoms with van der Waals surface area (Å²) in [4.78, 5) is 30.6. The Morgan fingerprint density at radius 3 is 2.21 bits per heavy atom. The molecule has 0 spiro atoms. The van der Waals surface area contributed by atoms with Gasteiger partial charge in [-0.1, -0.05) is 36.4 Å². The van der Waals surface area contributed by atoms with Crippen LogP contribution in [0, 0.1) is 0 Å². The van der Waals surface area contributed by atoms with Gasteiger partial charge in [0, 0.05) is 26.2 Å². The van der Waals surface area contributed by atoms with Gasteiger partial charge in [-0.25, -0.2) is 0 Å². The van der Waals surface area contributed by atoms with E-state index in [4.69, 9.17) is 18.9 Å². The zero-order chi connectivity index (χ0) is 30.9. The van der Waals surface area contributed by atoms with Gasteiger partial charge in [-0.2, -0.15) is 0 Å². The fourth-order valence-electron chi connectivity index (χ4n) is 5.72. The lowest BCUT2D eigenvalue weighted by Crippen LogP contribution is -2.46. The van der Waals surface area contributed by atoms with Crippen LogP contribution in [0.25, 0.3) is 0 Å². The average molecular weight is 590 g/mol. The van der Waals surface area contributed by atoms with E-state index in [0.29, 0.717) is 42.5 Å². The number of carbonyl (C=O) groups is 2. The number of benzene rings is 3. The monoisotopic (exact) mass is 589 g/mol. The number of hydrogen-bond acceptors (Lipinski definition) is 7. The largest absolute Gasteiger partial charge is 0.493 e. The predicted molar refractivity (Wildman–Crippen MR) is 166 cm³/mol. The molecule has 0 saturated heterocycles. The minimum absolute atomic E-state index is 0.0672. The Labute approximate surface area is 254 Å². The van der Waals surface area contributed by atoms with Crippen molar-refractivity contribution in [3.8, 4) is 23.0 Å². The van der Waals surface area contributed by atoms with Crippen LogP contribution in [0.15, 0.2) is 60.7 Å². The van der Waals surface area contributed by atoms with Crippen LogP contribution in [-0.4, -0.2) is 76.7 Å². The summed E-state index contributed by atoms with van der Waals surface area (Å²) in [7, 11) is 8.25. The first-order chi connectivity index (χ1) is 20.8. The van der Waals surface area contributed by atoms with Crippen molar-refractivity contribution in [2.45, 2.75) is 38.3 Å². The van der Waals surface area contributed by atoms with Crippen LogP contribution in [0.3, 0.4) is 0 Å². The molecule has 0 fully saturated rings. The van der Waals surface area contributed by atoms with Gasteiger partial charge in [0.2, 0.25) is 11.8 Å². The maximum atomic E-state index is 14.1. The van der Waals surface area contributed by atoms with Crippen LogP contribution in [0.5, 0.6) is 23.0 Å². The Morgan fingerprint density at radius 1 is 0.907 bits per heavy atom. The number of methoxy groups -OCH3 is 4. The highest BCUT2D eigenvalue weighted by Gasteiger charge is 2.37. The third-order valence-corrected chi connectivity index (χ3v) is 8.15. The minimum atomic E-state index is -0.634. The number of fused-ring (bicyclic) bond motifs is 1. The van der Waals surface area contributed by atoms with Gasteiger partial charge in [-0.3, -0.25) is 14.5 Å². The van der Waals surface area contributed by atoms with Gasteiger partial charge in [0.1, 0.15) is 6.04 Å². The molecule has 3 aromatic rings. The van der Waals surface area contributed by atoms with Crippen LogP contribution < -0.4 is 24.3 Å². The number of rotatable bonds is 12. The molecule has 2 amide bonds. The van der Waals surface area contributed by atoms with E-state index < -0.39 is 6.04 Å². The second-order valence-electron chi connectivity index (χ2n) is 10.6. The fourth-order valence-corrected chi connectivity index (χ4v) is 5.72. The van der Waals surface area contributed by atoms with Crippen molar-refractivity contribution in [2.75, 3.05) is 55.1 Å². The zero-order valence-corrected chi connectivity index (χ0v) is 26.0. The highest BCUT2D eigenvalue weighted by Crippen LogP contribution is 2.42. The van der Waals surface area contributed by atoms with Crippen LogP contribution in [0.2, 0.25) is 0 Å². The predicted octanol–water partition coefficient (Wildman–Crippen LogP) is 4.59. The molecule has 1 heterocycles. The van der Waals surface area contributed by atoms with Crippen molar-refractivity contribution in [3.63, 3.8) is 0 Å². The third-order valence-electron chi connectivity index (χ3n) is 8.15. The molecule has 0 aliphatic carbocycles. The highest BCUT2D eigenvalue weighted by atomic mass is 16.5. The first-order valence-electron chi connectivity index (χ1n) is 14.6. The van der Waals surface area contributed by atoms with E-state index in [1.807, 2.05) is 61.5 Å². The fraction of sp³-hybridized carbons (Fsp3) is 0.412. The Bertz CT molecular complexity index is 1400. The summed E-state index contributed by atoms with van der Waals surface area (Å²) in [6.07, 6.45) is 2.24. The SMILES string of the molecule is CCN(C)C(=O)CNC(=O)C(c1ccccc1)N1CCCc2cc(OC)c(OC)cc2C1Cc1ccc(OC)c(OC)c1. The Morgan fingerprint density at radius 2 is 1.56 bits per heavy atom. The van der Waals surface area contributed by atoms with Crippen molar-refractivity contribution in [3.05, 3.63) is 82.9 Å². The topological polar surface area (TPSA) is 89.6 Å². The molecule has 0 aromatic heterocycles. The summed E-state index contributed by atoms with van der Waals surface area (Å²) in [6.45, 7) is 3.07. The number of nitrogens with zero attached hydrogens (tertiary/aromatic N) is 2. The molecular weight excluding hydrogens is 546 g/mol. The van der Waals surface area contributed by atoms with Crippen molar-refractivity contribution in [1.29, 1.82) is 0 Å². The van der Waals surface area contributed by atoms with Crippen molar-refractivity contribution in [1.82, 2.24) is 15.1 Å². The molecule has 2 atom stereocenters. The lowest BCUT2D eigenvalue weighted by molar-refractivity contribution is -0.134. The minimum Gasteiger partial charge on any atom is -0.493 e. The molecule has 2 unspecified atom stereocenters. The van der Waals surface area contributed by atoms with Gasteiger partial charge in [0.15, 0.2) is 23.0 Å². The van der Waals surface area contributed by atoms with E-state index in [0.717, 1.165) is 35.1 Å². The smallest absolute Gasteiger partial charge is 0.242 e. The van der Waals surface area contributed by atoms with Crippen LogP contribution in [0.1, 0.15) is 47.7 Å². The molecule has 0 radical (unpaired) electrons. The van der Waals surface area contributed by atoms with Gasteiger partial charge >= 0.3 is 0 Å². The van der Waals surface area contributed by atoms with Crippen LogP contribution >= 0.6 is 0 Å². The Hall–Kier alpha value is -4.24. The van der Waals surface area contributed by atoms with Crippen molar-refractivity contribution in [2.24, 2.45) is 0 Å². The van der Waals surface area contributed by atoms with E-state index in [1.54, 1.807) is 40.4 Å². The van der Waals surface area contributed by atoms with Gasteiger partial charge in [-0.05, 0) is 72.7 Å². The maximum Gasteiger partial charge on any atom is 0.242 e. The number of likely N-dealkylation sites (N-methyl/N-ethyl adjacent to an activating group) is 1. The summed E-state index contributed by atoms with van der Waals surface area (Å²) in [5.41, 5.74) is 4.11. The summed E-state index contributed by atoms with van der Waals surface area (Å²) in [5.74, 6) is 2.25. The van der Waals surface area contributed by atoms with Gasteiger partial charge < -0.3 is 29.2 Å². The van der Waals surface area contributed by atoms with Crippen LogP contribution in [0.4, 0.5) is 0 Å². The van der Waals surface area contributed by atoms with E-state index in [9.17, 15) is 9.59 Å². The van der Waals surface area contributed by atoms with Gasteiger partial charge in [0.25, 0.3) is 0 Å². The van der Waals surface area contributed by atoms with Crippen molar-refractivity contribution < 1.29 is 28.5 Å². The number of carbonyl (C=O) groups excluding carboxylic acids is 2. The number of aryl methyl sites for hydroxylation is 1. The lowest BCUT2D eigenvalue weighted by atomic mass is 9.91. The van der Waals surface area contributed by atoms with Gasteiger partial charge in [-0.15, -0.1) is 0 Å². The summed E-state index contributed by atoms with van der Waals surface area (Å²) >= 11 is 0. The molecule has 0 saturated carbocycles. The molecule has 4 rings (SSSR count). The number of amides is 2. The molecule has 43 heavy (non-hydrogen) atoms. The number of hydrogen-bond donors (Lipinski definition) is 1. The zero-order valence-electron chi connectivity index (χ0n) is 26.0. The molecule has 230 valence electrons. The van der Waals surface area contributed by atoms with E-state index in [-0.39, 0.29) is 24.4 Å². The molecule has 1 N–H and O–H groups in total. The second-order valence-corrected chi connectivity index (χ2v) is 10.6. The summed E-state index contributed by atoms with van der Waals surface area (Å²) < 4.78 is 22.5. The van der Waals surface area contributed by atoms with E-state index >= 15 is 0 Å². The van der Waals surface area contributed by atoms with E-state index in [2.05, 4.69) is 16.3 Å². The molecule has 9 nitrogen and oxygen atoms in total. The molecule has 0 bridgehead atoms. The highest BCUT2D eigenvalue weighted by molar-refractivity contribution is 5.88. The third kappa shape index (κ3) is 7.22. The molecule has 3 aromatic carbocycles. The van der Waals surface area contributed by atoms with Crippen molar-refractivity contribution >= 4 is 11.8 Å². The molecule has 1 aliphatic heterocycles. The molecular formula is C34H43N3O6. The summed E-state index contributed by atoms with van der Waals surface area (Å²) in [6, 6.07) is 18.9. The number of nitrogens with one attached hydrogen (secondary N) is 1. The lowest BCUT2D eigenvalue weighted by Gasteiger charge is -2.37. The quantitative estimate of drug-likeness (QED) is 0.331. The first kappa shape index (κ1) is 31.7. The van der Waals surface area contributed by atoms with Gasteiger partial charge in [0.05, 0.1) is 35.0 Å². The standard InChI is InChI=1S/C34H43N3O6/c1-7-36(2)32(38)22-35-34(39)33(24-12-9-8-10-13-24)37-17-11-14-25-20-30(42-5)31(43-6)21-26(25)27(37)18-23-15-16-28(40-3)29(19-23)41-4/h8-10,12-13,15-16,19-21,27,33H,7,11,14,17-18,22H2,1-6H3,(H,35,39). The van der Waals surface area contributed by atoms with Crippen LogP contribution in [-0.2, 0) is 22.4 Å². The maximum absolute atomic E-state index is 14.1. The second kappa shape index (κ2) is 14.8.